The predicted molar refractivity (Wildman–Crippen MR) is 125 cm³/mol. The first-order chi connectivity index (χ1) is 16.0. The average molecular weight is 468 g/mol. The minimum Gasteiger partial charge on any atom is -0.486 e. The van der Waals surface area contributed by atoms with Gasteiger partial charge in [-0.25, -0.2) is 9.37 Å². The standard InChI is InChI=1S/C25H26FN3O3S/c1-3-10-27-25(31)22-15-33-23(28-22)14-32-20-8-7-17-9-11-29(16(2)30)24(21(17)13-20)18-5-4-6-19(26)12-18/h4-8,12-13,15,24H,3,9-11,14H2,1-2H3,(H,27,31). The summed E-state index contributed by atoms with van der Waals surface area (Å²) in [6.45, 7) is 4.94. The molecule has 0 saturated carbocycles. The van der Waals surface area contributed by atoms with Crippen LogP contribution < -0.4 is 10.1 Å². The average Bonchev–Trinajstić information content (AvgIpc) is 3.29. The molecule has 172 valence electrons. The Morgan fingerprint density at radius 2 is 2.12 bits per heavy atom. The lowest BCUT2D eigenvalue weighted by Gasteiger charge is -2.37. The Balaban J connectivity index is 1.55. The monoisotopic (exact) mass is 467 g/mol. The van der Waals surface area contributed by atoms with E-state index in [0.717, 1.165) is 29.5 Å². The van der Waals surface area contributed by atoms with Gasteiger partial charge in [0, 0.05) is 25.4 Å². The van der Waals surface area contributed by atoms with Gasteiger partial charge < -0.3 is 15.0 Å². The minimum atomic E-state index is -0.376. The fraction of sp³-hybridized carbons (Fsp3) is 0.320. The van der Waals surface area contributed by atoms with Crippen molar-refractivity contribution < 1.29 is 18.7 Å². The van der Waals surface area contributed by atoms with E-state index in [1.165, 1.54) is 30.4 Å². The number of nitrogens with zero attached hydrogens (tertiary/aromatic N) is 2. The number of ether oxygens (including phenoxy) is 1. The summed E-state index contributed by atoms with van der Waals surface area (Å²) >= 11 is 1.37. The molecule has 8 heteroatoms. The van der Waals surface area contributed by atoms with Crippen molar-refractivity contribution in [3.63, 3.8) is 0 Å². The maximum Gasteiger partial charge on any atom is 0.270 e. The lowest BCUT2D eigenvalue weighted by atomic mass is 9.88. The molecule has 0 radical (unpaired) electrons. The number of carbonyl (C=O) groups is 2. The second-order valence-electron chi connectivity index (χ2n) is 7.95. The van der Waals surface area contributed by atoms with Gasteiger partial charge in [-0.1, -0.05) is 25.1 Å². The first-order valence-electron chi connectivity index (χ1n) is 11.0. The van der Waals surface area contributed by atoms with Crippen LogP contribution >= 0.6 is 11.3 Å². The molecule has 0 bridgehead atoms. The number of benzene rings is 2. The highest BCUT2D eigenvalue weighted by Gasteiger charge is 2.31. The molecule has 1 aliphatic heterocycles. The molecule has 33 heavy (non-hydrogen) atoms. The first-order valence-corrected chi connectivity index (χ1v) is 11.8. The number of fused-ring (bicyclic) bond motifs is 1. The lowest BCUT2D eigenvalue weighted by Crippen LogP contribution is -2.39. The van der Waals surface area contributed by atoms with Crippen LogP contribution in [0.4, 0.5) is 4.39 Å². The Bertz CT molecular complexity index is 1160. The topological polar surface area (TPSA) is 71.5 Å². The summed E-state index contributed by atoms with van der Waals surface area (Å²) in [6.07, 6.45) is 1.59. The molecule has 1 N–H and O–H groups in total. The van der Waals surface area contributed by atoms with Gasteiger partial charge in [-0.2, -0.15) is 0 Å². The zero-order valence-corrected chi connectivity index (χ0v) is 19.5. The summed E-state index contributed by atoms with van der Waals surface area (Å²) < 4.78 is 20.0. The Hall–Kier alpha value is -3.26. The molecular formula is C25H26FN3O3S. The first kappa shape index (κ1) is 22.9. The van der Waals surface area contributed by atoms with Crippen LogP contribution in [-0.4, -0.2) is 34.8 Å². The third-order valence-electron chi connectivity index (χ3n) is 5.60. The number of hydrogen-bond donors (Lipinski definition) is 1. The predicted octanol–water partition coefficient (Wildman–Crippen LogP) is 4.50. The van der Waals surface area contributed by atoms with Crippen molar-refractivity contribution in [1.82, 2.24) is 15.2 Å². The van der Waals surface area contributed by atoms with Crippen molar-refractivity contribution >= 4 is 23.2 Å². The van der Waals surface area contributed by atoms with Crippen molar-refractivity contribution in [3.05, 3.63) is 81.1 Å². The van der Waals surface area contributed by atoms with Crippen molar-refractivity contribution in [2.24, 2.45) is 0 Å². The Kier molecular flexibility index (Phi) is 7.03. The molecule has 0 spiro atoms. The Labute approximate surface area is 196 Å². The van der Waals surface area contributed by atoms with Crippen LogP contribution in [0.5, 0.6) is 5.75 Å². The fourth-order valence-electron chi connectivity index (χ4n) is 4.01. The SMILES string of the molecule is CCCNC(=O)c1csc(COc2ccc3c(c2)C(c2cccc(F)c2)N(C(C)=O)CC3)n1. The second-order valence-corrected chi connectivity index (χ2v) is 8.89. The van der Waals surface area contributed by atoms with E-state index in [0.29, 0.717) is 29.5 Å². The van der Waals surface area contributed by atoms with Gasteiger partial charge in [0.1, 0.15) is 28.9 Å². The number of hydrogen-bond acceptors (Lipinski definition) is 5. The third kappa shape index (κ3) is 5.22. The number of nitrogens with one attached hydrogen (secondary N) is 1. The summed E-state index contributed by atoms with van der Waals surface area (Å²) in [5, 5.41) is 5.23. The zero-order chi connectivity index (χ0) is 23.4. The molecule has 3 aromatic rings. The van der Waals surface area contributed by atoms with Crippen LogP contribution in [0.2, 0.25) is 0 Å². The van der Waals surface area contributed by atoms with Gasteiger partial charge in [0.25, 0.3) is 5.91 Å². The molecule has 2 heterocycles. The second kappa shape index (κ2) is 10.1. The van der Waals surface area contributed by atoms with Crippen LogP contribution in [0.15, 0.2) is 47.8 Å². The summed E-state index contributed by atoms with van der Waals surface area (Å²) in [7, 11) is 0. The fourth-order valence-corrected chi connectivity index (χ4v) is 4.70. The third-order valence-corrected chi connectivity index (χ3v) is 6.42. The number of aromatic nitrogens is 1. The Morgan fingerprint density at radius 3 is 2.88 bits per heavy atom. The molecule has 1 aromatic heterocycles. The molecule has 6 nitrogen and oxygen atoms in total. The van der Waals surface area contributed by atoms with Crippen molar-refractivity contribution in [2.75, 3.05) is 13.1 Å². The smallest absolute Gasteiger partial charge is 0.270 e. The summed E-state index contributed by atoms with van der Waals surface area (Å²) in [6, 6.07) is 11.8. The number of carbonyl (C=O) groups excluding carboxylic acids is 2. The van der Waals surface area contributed by atoms with Crippen molar-refractivity contribution in [1.29, 1.82) is 0 Å². The molecule has 1 unspecified atom stereocenters. The molecule has 1 atom stereocenters. The van der Waals surface area contributed by atoms with Gasteiger partial charge in [0.15, 0.2) is 0 Å². The van der Waals surface area contributed by atoms with E-state index >= 15 is 0 Å². The van der Waals surface area contributed by atoms with Gasteiger partial charge in [0.2, 0.25) is 5.91 Å². The highest BCUT2D eigenvalue weighted by Crippen LogP contribution is 2.37. The van der Waals surface area contributed by atoms with Crippen LogP contribution in [0.3, 0.4) is 0 Å². The van der Waals surface area contributed by atoms with E-state index in [4.69, 9.17) is 4.74 Å². The largest absolute Gasteiger partial charge is 0.486 e. The number of halogens is 1. The lowest BCUT2D eigenvalue weighted by molar-refractivity contribution is -0.130. The van der Waals surface area contributed by atoms with Gasteiger partial charge in [-0.15, -0.1) is 11.3 Å². The van der Waals surface area contributed by atoms with E-state index < -0.39 is 0 Å². The van der Waals surface area contributed by atoms with Gasteiger partial charge in [0.05, 0.1) is 6.04 Å². The van der Waals surface area contributed by atoms with Crippen molar-refractivity contribution in [2.45, 2.75) is 39.3 Å². The highest BCUT2D eigenvalue weighted by molar-refractivity contribution is 7.09. The van der Waals surface area contributed by atoms with Gasteiger partial charge in [-0.05, 0) is 53.8 Å². The van der Waals surface area contributed by atoms with Crippen LogP contribution in [0.1, 0.15) is 58.5 Å². The van der Waals surface area contributed by atoms with Crippen LogP contribution in [0, 0.1) is 5.82 Å². The number of rotatable bonds is 7. The highest BCUT2D eigenvalue weighted by atomic mass is 32.1. The summed E-state index contributed by atoms with van der Waals surface area (Å²) in [5.41, 5.74) is 3.16. The maximum atomic E-state index is 14.0. The molecule has 0 saturated heterocycles. The molecular weight excluding hydrogens is 441 g/mol. The zero-order valence-electron chi connectivity index (χ0n) is 18.6. The summed E-state index contributed by atoms with van der Waals surface area (Å²) in [4.78, 5) is 30.5. The molecule has 2 aromatic carbocycles. The Morgan fingerprint density at radius 1 is 1.27 bits per heavy atom. The van der Waals surface area contributed by atoms with E-state index in [1.807, 2.05) is 31.2 Å². The van der Waals surface area contributed by atoms with E-state index in [-0.39, 0.29) is 30.3 Å². The normalized spacial score (nSPS) is 15.1. The quantitative estimate of drug-likeness (QED) is 0.556. The van der Waals surface area contributed by atoms with Crippen molar-refractivity contribution in [3.8, 4) is 5.75 Å². The van der Waals surface area contributed by atoms with E-state index in [9.17, 15) is 14.0 Å². The summed E-state index contributed by atoms with van der Waals surface area (Å²) in [5.74, 6) is 0.0547. The van der Waals surface area contributed by atoms with E-state index in [1.54, 1.807) is 16.3 Å². The maximum absolute atomic E-state index is 14.0. The molecule has 2 amide bonds. The van der Waals surface area contributed by atoms with Gasteiger partial charge in [-0.3, -0.25) is 9.59 Å². The molecule has 1 aliphatic rings. The van der Waals surface area contributed by atoms with Crippen LogP contribution in [-0.2, 0) is 17.8 Å². The number of amides is 2. The molecule has 4 rings (SSSR count). The van der Waals surface area contributed by atoms with Crippen LogP contribution in [0.25, 0.3) is 0 Å². The molecule has 0 fully saturated rings. The minimum absolute atomic E-state index is 0.0575. The van der Waals surface area contributed by atoms with E-state index in [2.05, 4.69) is 10.3 Å². The number of thiazole rings is 1. The molecule has 0 aliphatic carbocycles. The van der Waals surface area contributed by atoms with Gasteiger partial charge >= 0.3 is 0 Å².